The number of hydrogen-bond acceptors (Lipinski definition) is 3. The van der Waals surface area contributed by atoms with Crippen LogP contribution in [0.15, 0.2) is 65.5 Å². The van der Waals surface area contributed by atoms with Crippen LogP contribution in [0, 0.1) is 0 Å². The number of fused-ring (bicyclic) bond motifs is 1. The van der Waals surface area contributed by atoms with Crippen molar-refractivity contribution < 1.29 is 4.74 Å². The first-order valence-corrected chi connectivity index (χ1v) is 9.44. The molecule has 0 radical (unpaired) electrons. The van der Waals surface area contributed by atoms with Crippen molar-refractivity contribution in [3.63, 3.8) is 0 Å². The van der Waals surface area contributed by atoms with Gasteiger partial charge in [-0.1, -0.05) is 53.5 Å². The van der Waals surface area contributed by atoms with Gasteiger partial charge in [-0.25, -0.2) is 4.79 Å². The molecular weight excluding hydrogens is 397 g/mol. The average Bonchev–Trinajstić information content (AvgIpc) is 3.05. The summed E-state index contributed by atoms with van der Waals surface area (Å²) in [5.41, 5.74) is 4.01. The first-order valence-electron chi connectivity index (χ1n) is 8.69. The van der Waals surface area contributed by atoms with Crippen LogP contribution >= 0.6 is 23.2 Å². The molecule has 3 aromatic carbocycles. The maximum Gasteiger partial charge on any atom is 0.323 e. The van der Waals surface area contributed by atoms with Gasteiger partial charge in [0, 0.05) is 22.8 Å². The van der Waals surface area contributed by atoms with E-state index in [9.17, 15) is 4.79 Å². The molecule has 1 aromatic heterocycles. The van der Waals surface area contributed by atoms with Gasteiger partial charge >= 0.3 is 5.69 Å². The Labute approximate surface area is 171 Å². The van der Waals surface area contributed by atoms with Gasteiger partial charge in [-0.3, -0.25) is 0 Å². The van der Waals surface area contributed by atoms with Gasteiger partial charge in [-0.15, -0.1) is 0 Å². The lowest BCUT2D eigenvalue weighted by atomic mass is 10.2. The lowest BCUT2D eigenvalue weighted by Gasteiger charge is -2.15. The molecule has 0 spiro atoms. The smallest absolute Gasteiger partial charge is 0.323 e. The second-order valence-corrected chi connectivity index (χ2v) is 7.19. The molecule has 142 valence electrons. The molecule has 4 rings (SSSR count). The van der Waals surface area contributed by atoms with Crippen LogP contribution in [0.2, 0.25) is 10.0 Å². The third-order valence-electron chi connectivity index (χ3n) is 4.31. The molecule has 0 unspecified atom stereocenters. The second kappa shape index (κ2) is 8.00. The Morgan fingerprint density at radius 3 is 2.54 bits per heavy atom. The van der Waals surface area contributed by atoms with Crippen molar-refractivity contribution in [1.82, 2.24) is 9.97 Å². The molecule has 0 saturated heterocycles. The predicted molar refractivity (Wildman–Crippen MR) is 113 cm³/mol. The molecular formula is C21H17Cl2N3O2. The topological polar surface area (TPSA) is 69.9 Å². The molecule has 0 atom stereocenters. The zero-order valence-corrected chi connectivity index (χ0v) is 16.3. The fraction of sp³-hybridized carbons (Fsp3) is 0.0952. The Kier molecular flexibility index (Phi) is 5.28. The Morgan fingerprint density at radius 2 is 1.71 bits per heavy atom. The molecule has 7 heteroatoms. The van der Waals surface area contributed by atoms with Gasteiger partial charge in [0.1, 0.15) is 12.4 Å². The largest absolute Gasteiger partial charge is 0.487 e. The van der Waals surface area contributed by atoms with Crippen LogP contribution in [0.1, 0.15) is 11.1 Å². The number of halogens is 2. The van der Waals surface area contributed by atoms with Crippen LogP contribution in [0.5, 0.6) is 5.75 Å². The van der Waals surface area contributed by atoms with Gasteiger partial charge in [0.15, 0.2) is 0 Å². The molecule has 0 aliphatic carbocycles. The molecule has 0 amide bonds. The third-order valence-corrected chi connectivity index (χ3v) is 4.81. The Morgan fingerprint density at radius 1 is 0.929 bits per heavy atom. The lowest BCUT2D eigenvalue weighted by molar-refractivity contribution is 0.303. The van der Waals surface area contributed by atoms with E-state index in [1.54, 1.807) is 6.07 Å². The number of anilines is 1. The van der Waals surface area contributed by atoms with E-state index in [0.717, 1.165) is 27.8 Å². The van der Waals surface area contributed by atoms with E-state index >= 15 is 0 Å². The average molecular weight is 414 g/mol. The monoisotopic (exact) mass is 413 g/mol. The summed E-state index contributed by atoms with van der Waals surface area (Å²) in [5.74, 6) is 0.596. The quantitative estimate of drug-likeness (QED) is 0.398. The SMILES string of the molecule is O=c1[nH]c2ccc(NCc3cc(Cl)cc(Cl)c3OCc3ccccc3)cc2[nH]1. The molecule has 0 aliphatic heterocycles. The maximum absolute atomic E-state index is 11.4. The highest BCUT2D eigenvalue weighted by atomic mass is 35.5. The predicted octanol–water partition coefficient (Wildman–Crippen LogP) is 5.35. The van der Waals surface area contributed by atoms with Crippen molar-refractivity contribution in [3.8, 4) is 5.75 Å². The van der Waals surface area contributed by atoms with Crippen LogP contribution in [0.25, 0.3) is 11.0 Å². The standard InChI is InChI=1S/C21H17Cl2N3O2/c22-15-8-14(11-24-16-6-7-18-19(10-16)26-21(27)25-18)20(17(23)9-15)28-12-13-4-2-1-3-5-13/h1-10,24H,11-12H2,(H2,25,26,27). The number of aromatic amines is 2. The summed E-state index contributed by atoms with van der Waals surface area (Å²) >= 11 is 12.6. The fourth-order valence-electron chi connectivity index (χ4n) is 2.98. The molecule has 0 aliphatic rings. The van der Waals surface area contributed by atoms with Gasteiger partial charge in [-0.2, -0.15) is 0 Å². The molecule has 0 fully saturated rings. The molecule has 3 N–H and O–H groups in total. The number of nitrogens with one attached hydrogen (secondary N) is 3. The van der Waals surface area contributed by atoms with Crippen LogP contribution in [0.4, 0.5) is 5.69 Å². The van der Waals surface area contributed by atoms with Gasteiger partial charge in [0.05, 0.1) is 16.1 Å². The molecule has 0 saturated carbocycles. The van der Waals surface area contributed by atoms with Crippen molar-refractivity contribution >= 4 is 39.9 Å². The van der Waals surface area contributed by atoms with E-state index < -0.39 is 0 Å². The molecule has 4 aromatic rings. The van der Waals surface area contributed by atoms with Crippen molar-refractivity contribution in [2.45, 2.75) is 13.2 Å². The Bertz CT molecular complexity index is 1170. The van der Waals surface area contributed by atoms with Crippen LogP contribution in [-0.4, -0.2) is 9.97 Å². The van der Waals surface area contributed by atoms with Crippen molar-refractivity contribution in [2.75, 3.05) is 5.32 Å². The van der Waals surface area contributed by atoms with Crippen molar-refractivity contribution in [2.24, 2.45) is 0 Å². The fourth-order valence-corrected chi connectivity index (χ4v) is 3.57. The molecule has 0 bridgehead atoms. The number of aromatic nitrogens is 2. The number of hydrogen-bond donors (Lipinski definition) is 3. The number of ether oxygens (including phenoxy) is 1. The van der Waals surface area contributed by atoms with E-state index in [0.29, 0.717) is 28.9 Å². The summed E-state index contributed by atoms with van der Waals surface area (Å²) in [5, 5.41) is 4.33. The Balaban J connectivity index is 1.54. The summed E-state index contributed by atoms with van der Waals surface area (Å²) < 4.78 is 5.99. The normalized spacial score (nSPS) is 10.9. The molecule has 1 heterocycles. The maximum atomic E-state index is 11.4. The van der Waals surface area contributed by atoms with Crippen molar-refractivity contribution in [1.29, 1.82) is 0 Å². The zero-order valence-electron chi connectivity index (χ0n) is 14.8. The molecule has 5 nitrogen and oxygen atoms in total. The second-order valence-electron chi connectivity index (χ2n) is 6.34. The minimum Gasteiger partial charge on any atom is -0.487 e. The summed E-state index contributed by atoms with van der Waals surface area (Å²) in [4.78, 5) is 16.9. The van der Waals surface area contributed by atoms with Gasteiger partial charge in [0.25, 0.3) is 0 Å². The number of benzene rings is 3. The number of rotatable bonds is 6. The molecule has 28 heavy (non-hydrogen) atoms. The van der Waals surface area contributed by atoms with E-state index in [2.05, 4.69) is 15.3 Å². The van der Waals surface area contributed by atoms with Crippen LogP contribution in [0.3, 0.4) is 0 Å². The first-order chi connectivity index (χ1) is 13.6. The highest BCUT2D eigenvalue weighted by Crippen LogP contribution is 2.33. The highest BCUT2D eigenvalue weighted by molar-refractivity contribution is 6.35. The van der Waals surface area contributed by atoms with E-state index in [-0.39, 0.29) is 5.69 Å². The summed E-state index contributed by atoms with van der Waals surface area (Å²) in [6.45, 7) is 0.871. The van der Waals surface area contributed by atoms with Gasteiger partial charge < -0.3 is 20.0 Å². The lowest BCUT2D eigenvalue weighted by Crippen LogP contribution is -2.04. The summed E-state index contributed by atoms with van der Waals surface area (Å²) in [6.07, 6.45) is 0. The van der Waals surface area contributed by atoms with Gasteiger partial charge in [-0.05, 0) is 35.9 Å². The first kappa shape index (κ1) is 18.5. The summed E-state index contributed by atoms with van der Waals surface area (Å²) in [6, 6.07) is 19.0. The third kappa shape index (κ3) is 4.16. The minimum atomic E-state index is -0.231. The van der Waals surface area contributed by atoms with E-state index in [1.165, 1.54) is 0 Å². The van der Waals surface area contributed by atoms with Crippen LogP contribution in [-0.2, 0) is 13.2 Å². The van der Waals surface area contributed by atoms with E-state index in [4.69, 9.17) is 27.9 Å². The Hall–Kier alpha value is -2.89. The van der Waals surface area contributed by atoms with E-state index in [1.807, 2.05) is 54.6 Å². The zero-order chi connectivity index (χ0) is 19.5. The number of imidazole rings is 1. The number of H-pyrrole nitrogens is 2. The highest BCUT2D eigenvalue weighted by Gasteiger charge is 2.12. The van der Waals surface area contributed by atoms with Gasteiger partial charge in [0.2, 0.25) is 0 Å². The van der Waals surface area contributed by atoms with Crippen LogP contribution < -0.4 is 15.7 Å². The van der Waals surface area contributed by atoms with Crippen molar-refractivity contribution in [3.05, 3.63) is 92.3 Å². The minimum absolute atomic E-state index is 0.231. The summed E-state index contributed by atoms with van der Waals surface area (Å²) in [7, 11) is 0.